The maximum atomic E-state index is 13.6. The maximum absolute atomic E-state index is 13.6. The molecule has 2 rings (SSSR count). The van der Waals surface area contributed by atoms with E-state index in [-0.39, 0.29) is 24.6 Å². The summed E-state index contributed by atoms with van der Waals surface area (Å²) in [6, 6.07) is 8.39. The SMILES string of the molecule is CC(CC(O)c1ccco1)NC(=O)NCc1cc(C#N)ccc1F. The molecule has 2 amide bonds. The molecule has 2 unspecified atom stereocenters. The van der Waals surface area contributed by atoms with Crippen LogP contribution in [0.2, 0.25) is 0 Å². The molecule has 0 bridgehead atoms. The van der Waals surface area contributed by atoms with Crippen molar-refractivity contribution in [1.82, 2.24) is 10.6 Å². The number of halogens is 1. The van der Waals surface area contributed by atoms with Crippen LogP contribution >= 0.6 is 0 Å². The smallest absolute Gasteiger partial charge is 0.315 e. The third-order valence-corrected chi connectivity index (χ3v) is 3.44. The summed E-state index contributed by atoms with van der Waals surface area (Å²) < 4.78 is 18.7. The third-order valence-electron chi connectivity index (χ3n) is 3.44. The molecule has 2 aromatic rings. The van der Waals surface area contributed by atoms with Gasteiger partial charge in [0.05, 0.1) is 17.9 Å². The Hall–Kier alpha value is -2.85. The van der Waals surface area contributed by atoms with E-state index in [1.807, 2.05) is 6.07 Å². The quantitative estimate of drug-likeness (QED) is 0.758. The number of carbonyl (C=O) groups is 1. The zero-order chi connectivity index (χ0) is 17.5. The topological polar surface area (TPSA) is 98.3 Å². The molecule has 1 heterocycles. The number of carbonyl (C=O) groups excluding carboxylic acids is 1. The van der Waals surface area contributed by atoms with Crippen molar-refractivity contribution in [2.45, 2.75) is 32.0 Å². The molecular weight excluding hydrogens is 313 g/mol. The lowest BCUT2D eigenvalue weighted by atomic mass is 10.1. The van der Waals surface area contributed by atoms with E-state index in [9.17, 15) is 14.3 Å². The van der Waals surface area contributed by atoms with Crippen LogP contribution in [0.3, 0.4) is 0 Å². The Bertz CT molecular complexity index is 725. The number of urea groups is 1. The second kappa shape index (κ2) is 8.13. The number of nitrogens with zero attached hydrogens (tertiary/aromatic N) is 1. The Balaban J connectivity index is 1.82. The first-order valence-corrected chi connectivity index (χ1v) is 7.44. The van der Waals surface area contributed by atoms with Crippen LogP contribution < -0.4 is 10.6 Å². The van der Waals surface area contributed by atoms with Crippen molar-refractivity contribution >= 4 is 6.03 Å². The minimum atomic E-state index is -0.819. The number of nitriles is 1. The van der Waals surface area contributed by atoms with E-state index in [1.165, 1.54) is 24.5 Å². The summed E-state index contributed by atoms with van der Waals surface area (Å²) in [5.41, 5.74) is 0.552. The number of amides is 2. The molecule has 0 aliphatic rings. The fraction of sp³-hybridized carbons (Fsp3) is 0.294. The standard InChI is InChI=1S/C17H18FN3O3/c1-11(7-15(22)16-3-2-6-24-16)21-17(23)20-10-13-8-12(9-19)4-5-14(13)18/h2-6,8,11,15,22H,7,10H2,1H3,(H2,20,21,23). The molecule has 3 N–H and O–H groups in total. The second-order valence-electron chi connectivity index (χ2n) is 5.41. The van der Waals surface area contributed by atoms with Gasteiger partial charge in [0.25, 0.3) is 0 Å². The lowest BCUT2D eigenvalue weighted by molar-refractivity contribution is 0.129. The summed E-state index contributed by atoms with van der Waals surface area (Å²) in [5, 5.41) is 23.9. The fourth-order valence-electron chi connectivity index (χ4n) is 2.22. The van der Waals surface area contributed by atoms with E-state index >= 15 is 0 Å². The minimum absolute atomic E-state index is 0.0410. The van der Waals surface area contributed by atoms with Gasteiger partial charge in [-0.1, -0.05) is 0 Å². The highest BCUT2D eigenvalue weighted by Crippen LogP contribution is 2.18. The van der Waals surface area contributed by atoms with Gasteiger partial charge >= 0.3 is 6.03 Å². The largest absolute Gasteiger partial charge is 0.467 e. The molecule has 1 aromatic heterocycles. The fourth-order valence-corrected chi connectivity index (χ4v) is 2.22. The van der Waals surface area contributed by atoms with Gasteiger partial charge in [-0.3, -0.25) is 0 Å². The number of hydrogen-bond acceptors (Lipinski definition) is 4. The summed E-state index contributed by atoms with van der Waals surface area (Å²) in [6.07, 6.45) is 0.923. The molecule has 6 nitrogen and oxygen atoms in total. The summed E-state index contributed by atoms with van der Waals surface area (Å²) in [5.74, 6) is -0.0602. The highest BCUT2D eigenvalue weighted by molar-refractivity contribution is 5.74. The molecule has 0 saturated carbocycles. The summed E-state index contributed by atoms with van der Waals surface area (Å²) in [6.45, 7) is 1.70. The van der Waals surface area contributed by atoms with Crippen LogP contribution in [-0.2, 0) is 6.54 Å². The van der Waals surface area contributed by atoms with Gasteiger partial charge in [0, 0.05) is 24.6 Å². The zero-order valence-electron chi connectivity index (χ0n) is 13.1. The minimum Gasteiger partial charge on any atom is -0.467 e. The average Bonchev–Trinajstić information content (AvgIpc) is 3.08. The van der Waals surface area contributed by atoms with Crippen molar-refractivity contribution in [2.75, 3.05) is 0 Å². The van der Waals surface area contributed by atoms with Crippen LogP contribution in [0.15, 0.2) is 41.0 Å². The predicted molar refractivity (Wildman–Crippen MR) is 84.2 cm³/mol. The maximum Gasteiger partial charge on any atom is 0.315 e. The molecule has 0 saturated heterocycles. The van der Waals surface area contributed by atoms with E-state index in [0.29, 0.717) is 11.3 Å². The van der Waals surface area contributed by atoms with Gasteiger partial charge in [-0.2, -0.15) is 5.26 Å². The Morgan fingerprint density at radius 1 is 1.46 bits per heavy atom. The Labute approximate surface area is 138 Å². The zero-order valence-corrected chi connectivity index (χ0v) is 13.1. The van der Waals surface area contributed by atoms with Crippen LogP contribution in [0.25, 0.3) is 0 Å². The molecule has 0 aliphatic carbocycles. The van der Waals surface area contributed by atoms with Gasteiger partial charge in [0.1, 0.15) is 17.7 Å². The molecule has 0 spiro atoms. The molecule has 7 heteroatoms. The highest BCUT2D eigenvalue weighted by atomic mass is 19.1. The van der Waals surface area contributed by atoms with Crippen molar-refractivity contribution in [3.05, 3.63) is 59.3 Å². The van der Waals surface area contributed by atoms with E-state index in [2.05, 4.69) is 10.6 Å². The Morgan fingerprint density at radius 2 is 2.25 bits per heavy atom. The van der Waals surface area contributed by atoms with Gasteiger partial charge < -0.3 is 20.2 Å². The lowest BCUT2D eigenvalue weighted by Gasteiger charge is -2.17. The molecular formula is C17H18FN3O3. The average molecular weight is 331 g/mol. The molecule has 1 aromatic carbocycles. The van der Waals surface area contributed by atoms with Crippen molar-refractivity contribution in [3.63, 3.8) is 0 Å². The summed E-state index contributed by atoms with van der Waals surface area (Å²) in [7, 11) is 0. The molecule has 0 fully saturated rings. The van der Waals surface area contributed by atoms with Crippen molar-refractivity contribution < 1.29 is 18.7 Å². The normalized spacial score (nSPS) is 12.9. The molecule has 2 atom stereocenters. The summed E-state index contributed by atoms with van der Waals surface area (Å²) in [4.78, 5) is 11.8. The molecule has 126 valence electrons. The summed E-state index contributed by atoms with van der Waals surface area (Å²) >= 11 is 0. The van der Waals surface area contributed by atoms with Crippen LogP contribution in [0.4, 0.5) is 9.18 Å². The highest BCUT2D eigenvalue weighted by Gasteiger charge is 2.16. The van der Waals surface area contributed by atoms with Gasteiger partial charge in [-0.05, 0) is 37.3 Å². The van der Waals surface area contributed by atoms with E-state index < -0.39 is 18.0 Å². The number of rotatable bonds is 6. The second-order valence-corrected chi connectivity index (χ2v) is 5.41. The van der Waals surface area contributed by atoms with Crippen LogP contribution in [0.5, 0.6) is 0 Å². The predicted octanol–water partition coefficient (Wildman–Crippen LogP) is 2.60. The molecule has 0 radical (unpaired) electrons. The van der Waals surface area contributed by atoms with Crippen LogP contribution in [-0.4, -0.2) is 17.2 Å². The number of aliphatic hydroxyl groups excluding tert-OH is 1. The number of hydrogen-bond donors (Lipinski definition) is 3. The number of aliphatic hydroxyl groups is 1. The van der Waals surface area contributed by atoms with Crippen LogP contribution in [0.1, 0.15) is 36.3 Å². The first-order chi connectivity index (χ1) is 11.5. The number of nitrogens with one attached hydrogen (secondary N) is 2. The molecule has 24 heavy (non-hydrogen) atoms. The van der Waals surface area contributed by atoms with E-state index in [0.717, 1.165) is 0 Å². The lowest BCUT2D eigenvalue weighted by Crippen LogP contribution is -2.41. The Morgan fingerprint density at radius 3 is 2.92 bits per heavy atom. The van der Waals surface area contributed by atoms with E-state index in [1.54, 1.807) is 19.1 Å². The van der Waals surface area contributed by atoms with Crippen molar-refractivity contribution in [3.8, 4) is 6.07 Å². The number of furan rings is 1. The number of benzene rings is 1. The van der Waals surface area contributed by atoms with Gasteiger partial charge in [-0.15, -0.1) is 0 Å². The van der Waals surface area contributed by atoms with Gasteiger partial charge in [-0.25, -0.2) is 9.18 Å². The monoisotopic (exact) mass is 331 g/mol. The first kappa shape index (κ1) is 17.5. The van der Waals surface area contributed by atoms with Gasteiger partial charge in [0.2, 0.25) is 0 Å². The van der Waals surface area contributed by atoms with E-state index in [4.69, 9.17) is 9.68 Å². The first-order valence-electron chi connectivity index (χ1n) is 7.44. The van der Waals surface area contributed by atoms with Crippen molar-refractivity contribution in [2.24, 2.45) is 0 Å². The Kier molecular flexibility index (Phi) is 5.93. The van der Waals surface area contributed by atoms with Gasteiger partial charge in [0.15, 0.2) is 0 Å². The third kappa shape index (κ3) is 4.83. The van der Waals surface area contributed by atoms with Crippen LogP contribution in [0, 0.1) is 17.1 Å². The van der Waals surface area contributed by atoms with Crippen molar-refractivity contribution in [1.29, 1.82) is 5.26 Å². The molecule has 0 aliphatic heterocycles.